The number of hydrogen-bond acceptors (Lipinski definition) is 6. The quantitative estimate of drug-likeness (QED) is 0.361. The third-order valence-electron chi connectivity index (χ3n) is 3.81. The number of aliphatic carboxylic acids is 2. The summed E-state index contributed by atoms with van der Waals surface area (Å²) in [6.07, 6.45) is -0.522. The van der Waals surface area contributed by atoms with Gasteiger partial charge in [0.05, 0.1) is 0 Å². The number of thioether (sulfide) groups is 1. The minimum Gasteiger partial charge on any atom is -0.491 e. The van der Waals surface area contributed by atoms with Crippen molar-refractivity contribution in [1.82, 2.24) is 5.32 Å². The van der Waals surface area contributed by atoms with Crippen LogP contribution in [0.5, 0.6) is 5.75 Å². The minimum absolute atomic E-state index is 0.296. The fraction of sp³-hybridized carbons (Fsp3) is 0.333. The van der Waals surface area contributed by atoms with E-state index in [2.05, 4.69) is 43.4 Å². The van der Waals surface area contributed by atoms with Gasteiger partial charge in [-0.1, -0.05) is 43.3 Å². The van der Waals surface area contributed by atoms with Crippen molar-refractivity contribution >= 4 is 23.7 Å². The highest BCUT2D eigenvalue weighted by atomic mass is 32.2. The van der Waals surface area contributed by atoms with Crippen molar-refractivity contribution in [2.45, 2.75) is 36.1 Å². The molecule has 3 unspecified atom stereocenters. The van der Waals surface area contributed by atoms with E-state index < -0.39 is 18.0 Å². The molecule has 0 bridgehead atoms. The molecule has 3 atom stereocenters. The molecule has 0 aromatic heterocycles. The van der Waals surface area contributed by atoms with Crippen LogP contribution in [0.15, 0.2) is 65.6 Å². The molecule has 158 valence electrons. The second-order valence-corrected chi connectivity index (χ2v) is 7.67. The molecule has 0 saturated heterocycles. The van der Waals surface area contributed by atoms with Gasteiger partial charge >= 0.3 is 11.9 Å². The molecule has 0 spiro atoms. The number of carboxylic acids is 2. The van der Waals surface area contributed by atoms with E-state index in [9.17, 15) is 5.11 Å². The zero-order valence-electron chi connectivity index (χ0n) is 16.4. The van der Waals surface area contributed by atoms with E-state index in [0.717, 1.165) is 5.75 Å². The first-order valence-corrected chi connectivity index (χ1v) is 9.94. The SMILES string of the molecule is CC(NCC(O)COc1ccccc1)C(C)Sc1ccccc1.O=C(O)C(=O)O. The second kappa shape index (κ2) is 13.6. The summed E-state index contributed by atoms with van der Waals surface area (Å²) in [7, 11) is 0. The first kappa shape index (κ1) is 24.5. The number of benzene rings is 2. The predicted molar refractivity (Wildman–Crippen MR) is 112 cm³/mol. The molecule has 0 amide bonds. The van der Waals surface area contributed by atoms with Crippen molar-refractivity contribution in [2.24, 2.45) is 0 Å². The van der Waals surface area contributed by atoms with Gasteiger partial charge in [0.15, 0.2) is 0 Å². The summed E-state index contributed by atoms with van der Waals surface area (Å²) in [5.74, 6) is -2.86. The van der Waals surface area contributed by atoms with Crippen molar-refractivity contribution in [1.29, 1.82) is 0 Å². The molecule has 8 heteroatoms. The van der Waals surface area contributed by atoms with E-state index in [1.165, 1.54) is 4.90 Å². The number of hydrogen-bond donors (Lipinski definition) is 4. The maximum atomic E-state index is 10.0. The van der Waals surface area contributed by atoms with Gasteiger partial charge in [0.2, 0.25) is 0 Å². The summed E-state index contributed by atoms with van der Waals surface area (Å²) < 4.78 is 5.56. The molecule has 0 aliphatic rings. The monoisotopic (exact) mass is 421 g/mol. The molecular weight excluding hydrogens is 394 g/mol. The fourth-order valence-corrected chi connectivity index (χ4v) is 3.12. The lowest BCUT2D eigenvalue weighted by atomic mass is 10.2. The minimum atomic E-state index is -1.82. The second-order valence-electron chi connectivity index (χ2n) is 6.22. The van der Waals surface area contributed by atoms with Gasteiger partial charge in [0.1, 0.15) is 18.5 Å². The number of carboxylic acid groups (broad SMARTS) is 2. The Hall–Kier alpha value is -2.55. The topological polar surface area (TPSA) is 116 Å². The molecule has 2 rings (SSSR count). The van der Waals surface area contributed by atoms with Gasteiger partial charge in [-0.05, 0) is 31.2 Å². The Morgan fingerprint density at radius 3 is 2.00 bits per heavy atom. The van der Waals surface area contributed by atoms with Gasteiger partial charge in [0, 0.05) is 22.7 Å². The summed E-state index contributed by atoms with van der Waals surface area (Å²) in [6, 6.07) is 20.2. The van der Waals surface area contributed by atoms with Crippen molar-refractivity contribution < 1.29 is 29.6 Å². The standard InChI is InChI=1S/C19H25NO2S.C2H2O4/c1-15(16(2)23-19-11-7-4-8-12-19)20-13-17(21)14-22-18-9-5-3-6-10-18;3-1(4)2(5)6/h3-12,15-17,20-21H,13-14H2,1-2H3;(H,3,4)(H,5,6). The first-order valence-electron chi connectivity index (χ1n) is 9.06. The molecule has 2 aromatic rings. The lowest BCUT2D eigenvalue weighted by Crippen LogP contribution is -2.40. The van der Waals surface area contributed by atoms with Crippen LogP contribution in [0.3, 0.4) is 0 Å². The Kier molecular flexibility index (Phi) is 11.5. The Labute approximate surface area is 174 Å². The average Bonchev–Trinajstić information content (AvgIpc) is 2.72. The molecule has 0 aliphatic carbocycles. The van der Waals surface area contributed by atoms with E-state index in [0.29, 0.717) is 24.4 Å². The molecule has 4 N–H and O–H groups in total. The van der Waals surface area contributed by atoms with Gasteiger partial charge in [0.25, 0.3) is 0 Å². The van der Waals surface area contributed by atoms with Gasteiger partial charge in [-0.3, -0.25) is 0 Å². The number of aliphatic hydroxyl groups excluding tert-OH is 1. The number of nitrogens with one attached hydrogen (secondary N) is 1. The Balaban J connectivity index is 0.000000612. The smallest absolute Gasteiger partial charge is 0.414 e. The molecule has 0 aliphatic heterocycles. The van der Waals surface area contributed by atoms with Gasteiger partial charge in [-0.2, -0.15) is 0 Å². The Bertz CT molecular complexity index is 716. The summed E-state index contributed by atoms with van der Waals surface area (Å²) in [5.41, 5.74) is 0. The largest absolute Gasteiger partial charge is 0.491 e. The van der Waals surface area contributed by atoms with Crippen LogP contribution < -0.4 is 10.1 Å². The Morgan fingerprint density at radius 2 is 1.48 bits per heavy atom. The molecule has 2 aromatic carbocycles. The van der Waals surface area contributed by atoms with Crippen molar-refractivity contribution in [3.8, 4) is 5.75 Å². The zero-order chi connectivity index (χ0) is 21.6. The highest BCUT2D eigenvalue weighted by molar-refractivity contribution is 8.00. The maximum Gasteiger partial charge on any atom is 0.414 e. The molecule has 0 saturated carbocycles. The number of aliphatic hydroxyl groups is 1. The van der Waals surface area contributed by atoms with Crippen molar-refractivity contribution in [2.75, 3.05) is 13.2 Å². The lowest BCUT2D eigenvalue weighted by molar-refractivity contribution is -0.159. The lowest BCUT2D eigenvalue weighted by Gasteiger charge is -2.22. The molecule has 29 heavy (non-hydrogen) atoms. The molecular formula is C21H27NO6S. The number of para-hydroxylation sites is 1. The zero-order valence-corrected chi connectivity index (χ0v) is 17.2. The van der Waals surface area contributed by atoms with Crippen LogP contribution in [0.2, 0.25) is 0 Å². The number of rotatable bonds is 9. The normalized spacial score (nSPS) is 13.3. The van der Waals surface area contributed by atoms with Crippen LogP contribution in [0.1, 0.15) is 13.8 Å². The van der Waals surface area contributed by atoms with Crippen LogP contribution in [0.25, 0.3) is 0 Å². The van der Waals surface area contributed by atoms with E-state index in [4.69, 9.17) is 24.5 Å². The average molecular weight is 422 g/mol. The van der Waals surface area contributed by atoms with Crippen molar-refractivity contribution in [3.63, 3.8) is 0 Å². The number of carbonyl (C=O) groups is 2. The summed E-state index contributed by atoms with van der Waals surface area (Å²) in [4.78, 5) is 19.5. The van der Waals surface area contributed by atoms with E-state index >= 15 is 0 Å². The predicted octanol–water partition coefficient (Wildman–Crippen LogP) is 2.74. The third-order valence-corrected chi connectivity index (χ3v) is 5.14. The van der Waals surface area contributed by atoms with Crippen LogP contribution in [-0.2, 0) is 9.59 Å². The van der Waals surface area contributed by atoms with E-state index in [1.807, 2.05) is 48.2 Å². The molecule has 0 fully saturated rings. The van der Waals surface area contributed by atoms with Crippen LogP contribution >= 0.6 is 11.8 Å². The molecule has 0 heterocycles. The highest BCUT2D eigenvalue weighted by Crippen LogP contribution is 2.24. The fourth-order valence-electron chi connectivity index (χ4n) is 2.07. The van der Waals surface area contributed by atoms with Gasteiger partial charge in [-0.15, -0.1) is 11.8 Å². The number of ether oxygens (including phenoxy) is 1. The summed E-state index contributed by atoms with van der Waals surface area (Å²) in [6.45, 7) is 5.16. The van der Waals surface area contributed by atoms with Crippen molar-refractivity contribution in [3.05, 3.63) is 60.7 Å². The van der Waals surface area contributed by atoms with Crippen LogP contribution in [0.4, 0.5) is 0 Å². The van der Waals surface area contributed by atoms with E-state index in [-0.39, 0.29) is 0 Å². The summed E-state index contributed by atoms with van der Waals surface area (Å²) >= 11 is 1.84. The maximum absolute atomic E-state index is 10.0. The van der Waals surface area contributed by atoms with Gasteiger partial charge in [-0.25, -0.2) is 9.59 Å². The highest BCUT2D eigenvalue weighted by Gasteiger charge is 2.15. The first-order chi connectivity index (χ1) is 13.8. The Morgan fingerprint density at radius 1 is 0.966 bits per heavy atom. The third kappa shape index (κ3) is 11.1. The van der Waals surface area contributed by atoms with Crippen LogP contribution in [-0.4, -0.2) is 57.8 Å². The summed E-state index contributed by atoms with van der Waals surface area (Å²) in [5, 5.41) is 28.6. The molecule has 7 nitrogen and oxygen atoms in total. The van der Waals surface area contributed by atoms with Crippen LogP contribution in [0, 0.1) is 0 Å². The molecule has 0 radical (unpaired) electrons. The van der Waals surface area contributed by atoms with E-state index in [1.54, 1.807) is 0 Å². The van der Waals surface area contributed by atoms with Gasteiger partial charge < -0.3 is 25.4 Å².